The smallest absolute Gasteiger partial charge is 0.326 e. The van der Waals surface area contributed by atoms with E-state index < -0.39 is 24.0 Å². The minimum atomic E-state index is -1.11. The van der Waals surface area contributed by atoms with Gasteiger partial charge in [-0.1, -0.05) is 74.0 Å². The highest BCUT2D eigenvalue weighted by Gasteiger charge is 2.27. The molecule has 0 spiro atoms. The van der Waals surface area contributed by atoms with Crippen molar-refractivity contribution >= 4 is 17.8 Å². The van der Waals surface area contributed by atoms with Crippen molar-refractivity contribution in [2.75, 3.05) is 0 Å². The van der Waals surface area contributed by atoms with Gasteiger partial charge in [-0.2, -0.15) is 0 Å². The minimum absolute atomic E-state index is 0.158. The van der Waals surface area contributed by atoms with Gasteiger partial charge in [0.15, 0.2) is 0 Å². The van der Waals surface area contributed by atoms with Crippen molar-refractivity contribution in [2.45, 2.75) is 58.5 Å². The molecule has 2 atom stereocenters. The third kappa shape index (κ3) is 8.62. The summed E-state index contributed by atoms with van der Waals surface area (Å²) in [6, 6.07) is 15.3. The van der Waals surface area contributed by atoms with Gasteiger partial charge in [-0.3, -0.25) is 9.59 Å². The lowest BCUT2D eigenvalue weighted by atomic mass is 10.0. The largest absolute Gasteiger partial charge is 0.480 e. The van der Waals surface area contributed by atoms with E-state index in [2.05, 4.69) is 10.6 Å². The van der Waals surface area contributed by atoms with Crippen LogP contribution in [0.5, 0.6) is 0 Å². The maximum atomic E-state index is 12.8. The normalized spacial score (nSPS) is 12.8. The Morgan fingerprint density at radius 3 is 2.10 bits per heavy atom. The lowest BCUT2D eigenvalue weighted by molar-refractivity contribution is -0.142. The third-order valence-corrected chi connectivity index (χ3v) is 5.02. The van der Waals surface area contributed by atoms with Crippen LogP contribution in [0.2, 0.25) is 0 Å². The summed E-state index contributed by atoms with van der Waals surface area (Å²) in [5.41, 5.74) is 3.03. The predicted molar refractivity (Wildman–Crippen MR) is 121 cm³/mol. The number of rotatable bonds is 11. The van der Waals surface area contributed by atoms with Crippen LogP contribution in [0.15, 0.2) is 54.6 Å². The van der Waals surface area contributed by atoms with Crippen LogP contribution in [0, 0.1) is 12.8 Å². The molecule has 31 heavy (non-hydrogen) atoms. The second-order valence-corrected chi connectivity index (χ2v) is 8.32. The van der Waals surface area contributed by atoms with Gasteiger partial charge < -0.3 is 15.7 Å². The molecule has 0 saturated carbocycles. The van der Waals surface area contributed by atoms with Crippen LogP contribution >= 0.6 is 0 Å². The summed E-state index contributed by atoms with van der Waals surface area (Å²) < 4.78 is 0. The summed E-state index contributed by atoms with van der Waals surface area (Å²) in [7, 11) is 0. The zero-order valence-corrected chi connectivity index (χ0v) is 18.4. The molecule has 0 aliphatic carbocycles. The van der Waals surface area contributed by atoms with Gasteiger partial charge in [-0.15, -0.1) is 0 Å². The summed E-state index contributed by atoms with van der Waals surface area (Å²) in [6.45, 7) is 5.92. The average molecular weight is 425 g/mol. The Kier molecular flexibility index (Phi) is 9.25. The molecule has 6 nitrogen and oxygen atoms in total. The van der Waals surface area contributed by atoms with E-state index in [1.807, 2.05) is 75.4 Å². The number of carbonyl (C=O) groups excluding carboxylic acids is 2. The molecule has 0 fully saturated rings. The molecule has 166 valence electrons. The Morgan fingerprint density at radius 2 is 1.52 bits per heavy atom. The molecule has 0 bridgehead atoms. The molecule has 2 amide bonds. The molecule has 2 aromatic carbocycles. The molecule has 2 rings (SSSR count). The summed E-state index contributed by atoms with van der Waals surface area (Å²) in [4.78, 5) is 37.0. The number of nitrogens with one attached hydrogen (secondary N) is 2. The summed E-state index contributed by atoms with van der Waals surface area (Å²) >= 11 is 0. The molecule has 3 N–H and O–H groups in total. The fourth-order valence-electron chi connectivity index (χ4n) is 3.30. The minimum Gasteiger partial charge on any atom is -0.480 e. The van der Waals surface area contributed by atoms with E-state index in [0.717, 1.165) is 16.7 Å². The van der Waals surface area contributed by atoms with Gasteiger partial charge in [0, 0.05) is 12.8 Å². The van der Waals surface area contributed by atoms with E-state index in [4.69, 9.17) is 0 Å². The average Bonchev–Trinajstić information content (AvgIpc) is 2.72. The maximum Gasteiger partial charge on any atom is 0.326 e. The monoisotopic (exact) mass is 424 g/mol. The van der Waals surface area contributed by atoms with Crippen LogP contribution in [0.3, 0.4) is 0 Å². The first-order chi connectivity index (χ1) is 14.7. The van der Waals surface area contributed by atoms with E-state index in [9.17, 15) is 19.5 Å². The standard InChI is InChI=1S/C25H32N2O4/c1-17(2)15-21(26-23(28)14-13-19-11-9-18(3)10-12-19)24(29)27-22(25(30)31)16-20-7-5-4-6-8-20/h4-12,17,21-22H,13-16H2,1-3H3,(H,26,28)(H,27,29)(H,30,31)/t21-,22-/m0/s1. The molecular formula is C25H32N2O4. The van der Waals surface area contributed by atoms with Crippen LogP contribution < -0.4 is 10.6 Å². The van der Waals surface area contributed by atoms with E-state index in [0.29, 0.717) is 12.8 Å². The van der Waals surface area contributed by atoms with Gasteiger partial charge in [0.2, 0.25) is 11.8 Å². The predicted octanol–water partition coefficient (Wildman–Crippen LogP) is 3.27. The Labute approximate surface area is 184 Å². The van der Waals surface area contributed by atoms with E-state index in [1.165, 1.54) is 0 Å². The van der Waals surface area contributed by atoms with Gasteiger partial charge in [0.25, 0.3) is 0 Å². The topological polar surface area (TPSA) is 95.5 Å². The molecular weight excluding hydrogens is 392 g/mol. The number of hydrogen-bond donors (Lipinski definition) is 3. The highest BCUT2D eigenvalue weighted by atomic mass is 16.4. The molecule has 2 aromatic rings. The highest BCUT2D eigenvalue weighted by molar-refractivity contribution is 5.90. The first kappa shape index (κ1) is 24.1. The summed E-state index contributed by atoms with van der Waals surface area (Å²) in [5, 5.41) is 15.0. The van der Waals surface area contributed by atoms with Gasteiger partial charge in [0.05, 0.1) is 0 Å². The van der Waals surface area contributed by atoms with Crippen molar-refractivity contribution < 1.29 is 19.5 Å². The lowest BCUT2D eigenvalue weighted by Crippen LogP contribution is -2.52. The summed E-state index contributed by atoms with van der Waals surface area (Å²) in [6.07, 6.45) is 1.45. The van der Waals surface area contributed by atoms with Crippen molar-refractivity contribution in [3.63, 3.8) is 0 Å². The Balaban J connectivity index is 1.98. The first-order valence-corrected chi connectivity index (χ1v) is 10.7. The fourth-order valence-corrected chi connectivity index (χ4v) is 3.30. The number of carboxylic acid groups (broad SMARTS) is 1. The quantitative estimate of drug-likeness (QED) is 0.516. The number of carboxylic acids is 1. The van der Waals surface area contributed by atoms with Crippen LogP contribution in [0.25, 0.3) is 0 Å². The maximum absolute atomic E-state index is 12.8. The van der Waals surface area contributed by atoms with Gasteiger partial charge in [0.1, 0.15) is 12.1 Å². The second-order valence-electron chi connectivity index (χ2n) is 8.32. The zero-order chi connectivity index (χ0) is 22.8. The molecule has 0 saturated heterocycles. The van der Waals surface area contributed by atoms with E-state index in [1.54, 1.807) is 0 Å². The molecule has 0 aliphatic rings. The zero-order valence-electron chi connectivity index (χ0n) is 18.4. The Bertz CT molecular complexity index is 863. The number of amides is 2. The summed E-state index contributed by atoms with van der Waals surface area (Å²) in [5.74, 6) is -1.64. The molecule has 0 aromatic heterocycles. The lowest BCUT2D eigenvalue weighted by Gasteiger charge is -2.23. The van der Waals surface area contributed by atoms with Crippen molar-refractivity contribution in [3.8, 4) is 0 Å². The van der Waals surface area contributed by atoms with Gasteiger partial charge in [-0.05, 0) is 36.8 Å². The molecule has 0 heterocycles. The molecule has 6 heteroatoms. The van der Waals surface area contributed by atoms with Crippen molar-refractivity contribution in [3.05, 3.63) is 71.3 Å². The SMILES string of the molecule is Cc1ccc(CCC(=O)N[C@@H](CC(C)C)C(=O)N[C@@H](Cc2ccccc2)C(=O)O)cc1. The first-order valence-electron chi connectivity index (χ1n) is 10.7. The third-order valence-electron chi connectivity index (χ3n) is 5.02. The van der Waals surface area contributed by atoms with Crippen LogP contribution in [-0.4, -0.2) is 35.0 Å². The number of aryl methyl sites for hydroxylation is 2. The van der Waals surface area contributed by atoms with E-state index >= 15 is 0 Å². The van der Waals surface area contributed by atoms with Crippen LogP contribution in [0.1, 0.15) is 43.4 Å². The molecule has 0 aliphatic heterocycles. The number of aliphatic carboxylic acids is 1. The molecule has 0 unspecified atom stereocenters. The number of hydrogen-bond acceptors (Lipinski definition) is 3. The second kappa shape index (κ2) is 11.9. The Morgan fingerprint density at radius 1 is 0.871 bits per heavy atom. The van der Waals surface area contributed by atoms with Gasteiger partial charge >= 0.3 is 5.97 Å². The van der Waals surface area contributed by atoms with Crippen molar-refractivity contribution in [2.24, 2.45) is 5.92 Å². The van der Waals surface area contributed by atoms with Crippen LogP contribution in [0.4, 0.5) is 0 Å². The van der Waals surface area contributed by atoms with Crippen molar-refractivity contribution in [1.82, 2.24) is 10.6 Å². The van der Waals surface area contributed by atoms with Crippen molar-refractivity contribution in [1.29, 1.82) is 0 Å². The number of benzene rings is 2. The van der Waals surface area contributed by atoms with Gasteiger partial charge in [-0.25, -0.2) is 4.79 Å². The fraction of sp³-hybridized carbons (Fsp3) is 0.400. The Hall–Kier alpha value is -3.15. The number of carbonyl (C=O) groups is 3. The molecule has 0 radical (unpaired) electrons. The highest BCUT2D eigenvalue weighted by Crippen LogP contribution is 2.10. The van der Waals surface area contributed by atoms with Crippen LogP contribution in [-0.2, 0) is 27.2 Å². The van der Waals surface area contributed by atoms with E-state index in [-0.39, 0.29) is 24.7 Å².